The Hall–Kier alpha value is -3.11. The Kier molecular flexibility index (Phi) is 5.12. The molecule has 152 valence electrons. The molecule has 0 aliphatic carbocycles. The van der Waals surface area contributed by atoms with Gasteiger partial charge in [-0.1, -0.05) is 6.07 Å². The highest BCUT2D eigenvalue weighted by Crippen LogP contribution is 2.32. The molecule has 2 amide bonds. The summed E-state index contributed by atoms with van der Waals surface area (Å²) in [6.07, 6.45) is 1.65. The van der Waals surface area contributed by atoms with Gasteiger partial charge in [0.25, 0.3) is 11.8 Å². The number of fused-ring (bicyclic) bond motifs is 1. The molecule has 9 nitrogen and oxygen atoms in total. The minimum Gasteiger partial charge on any atom is -0.454 e. The molecular formula is C19H19N3O6S. The van der Waals surface area contributed by atoms with E-state index in [9.17, 15) is 18.0 Å². The van der Waals surface area contributed by atoms with Gasteiger partial charge in [0, 0.05) is 24.2 Å². The number of carbonyl (C=O) groups is 2. The third-order valence-corrected chi connectivity index (χ3v) is 6.62. The van der Waals surface area contributed by atoms with E-state index in [-0.39, 0.29) is 22.8 Å². The highest BCUT2D eigenvalue weighted by Gasteiger charge is 2.27. The molecule has 1 saturated heterocycles. The van der Waals surface area contributed by atoms with E-state index in [0.717, 1.165) is 12.8 Å². The van der Waals surface area contributed by atoms with Crippen LogP contribution in [0.15, 0.2) is 47.4 Å². The minimum atomic E-state index is -3.63. The highest BCUT2D eigenvalue weighted by atomic mass is 32.2. The fraction of sp³-hybridized carbons (Fsp3) is 0.263. The maximum Gasteiger partial charge on any atom is 0.269 e. The zero-order chi connectivity index (χ0) is 20.4. The monoisotopic (exact) mass is 417 g/mol. The molecule has 2 aliphatic heterocycles. The van der Waals surface area contributed by atoms with Gasteiger partial charge in [-0.2, -0.15) is 4.31 Å². The number of sulfonamides is 1. The molecule has 2 aliphatic rings. The van der Waals surface area contributed by atoms with Crippen molar-refractivity contribution in [1.82, 2.24) is 15.2 Å². The van der Waals surface area contributed by atoms with Crippen LogP contribution in [0.5, 0.6) is 11.5 Å². The number of hydrazine groups is 1. The van der Waals surface area contributed by atoms with Crippen molar-refractivity contribution in [3.63, 3.8) is 0 Å². The Balaban J connectivity index is 1.43. The van der Waals surface area contributed by atoms with E-state index in [2.05, 4.69) is 10.9 Å². The Morgan fingerprint density at radius 2 is 1.52 bits per heavy atom. The predicted molar refractivity (Wildman–Crippen MR) is 102 cm³/mol. The van der Waals surface area contributed by atoms with Gasteiger partial charge >= 0.3 is 0 Å². The molecule has 0 unspecified atom stereocenters. The summed E-state index contributed by atoms with van der Waals surface area (Å²) in [5, 5.41) is 0. The molecule has 0 atom stereocenters. The molecule has 1 fully saturated rings. The van der Waals surface area contributed by atoms with Crippen LogP contribution in [0.2, 0.25) is 0 Å². The maximum atomic E-state index is 12.7. The fourth-order valence-electron chi connectivity index (χ4n) is 3.17. The summed E-state index contributed by atoms with van der Waals surface area (Å²) in [5.41, 5.74) is 5.00. The molecular weight excluding hydrogens is 398 g/mol. The molecule has 2 N–H and O–H groups in total. The summed E-state index contributed by atoms with van der Waals surface area (Å²) in [4.78, 5) is 24.7. The summed E-state index contributed by atoms with van der Waals surface area (Å²) in [6, 6.07) is 10.4. The summed E-state index contributed by atoms with van der Waals surface area (Å²) in [5.74, 6) is -0.180. The van der Waals surface area contributed by atoms with Crippen molar-refractivity contribution in [2.45, 2.75) is 17.7 Å². The Morgan fingerprint density at radius 3 is 2.24 bits per heavy atom. The number of rotatable bonds is 4. The van der Waals surface area contributed by atoms with Gasteiger partial charge in [-0.3, -0.25) is 20.4 Å². The molecule has 2 aromatic carbocycles. The van der Waals surface area contributed by atoms with Crippen LogP contribution in [0.3, 0.4) is 0 Å². The average Bonchev–Trinajstić information content (AvgIpc) is 3.43. The second kappa shape index (κ2) is 7.72. The topological polar surface area (TPSA) is 114 Å². The first kappa shape index (κ1) is 19.2. The van der Waals surface area contributed by atoms with Crippen LogP contribution in [0.25, 0.3) is 0 Å². The largest absolute Gasteiger partial charge is 0.454 e. The van der Waals surface area contributed by atoms with Crippen molar-refractivity contribution in [3.8, 4) is 11.5 Å². The number of carbonyl (C=O) groups excluding carboxylic acids is 2. The molecule has 0 saturated carbocycles. The van der Waals surface area contributed by atoms with E-state index in [1.54, 1.807) is 6.07 Å². The number of benzene rings is 2. The smallest absolute Gasteiger partial charge is 0.269 e. The normalized spacial score (nSPS) is 15.9. The Bertz CT molecular complexity index is 1060. The van der Waals surface area contributed by atoms with Gasteiger partial charge in [0.15, 0.2) is 11.5 Å². The minimum absolute atomic E-state index is 0.0501. The molecule has 0 radical (unpaired) electrons. The van der Waals surface area contributed by atoms with Crippen molar-refractivity contribution in [2.75, 3.05) is 19.9 Å². The van der Waals surface area contributed by atoms with Gasteiger partial charge in [0.1, 0.15) is 0 Å². The summed E-state index contributed by atoms with van der Waals surface area (Å²) in [7, 11) is -3.63. The Labute approximate surface area is 167 Å². The van der Waals surface area contributed by atoms with E-state index in [1.165, 1.54) is 40.7 Å². The Morgan fingerprint density at radius 1 is 0.862 bits per heavy atom. The van der Waals surface area contributed by atoms with Crippen LogP contribution >= 0.6 is 0 Å². The first-order valence-electron chi connectivity index (χ1n) is 9.06. The molecule has 4 rings (SSSR count). The first-order chi connectivity index (χ1) is 13.9. The summed E-state index contributed by atoms with van der Waals surface area (Å²) < 4.78 is 37.1. The van der Waals surface area contributed by atoms with E-state index in [0.29, 0.717) is 24.6 Å². The van der Waals surface area contributed by atoms with Crippen molar-refractivity contribution in [1.29, 1.82) is 0 Å². The number of ether oxygens (including phenoxy) is 2. The van der Waals surface area contributed by atoms with E-state index < -0.39 is 21.8 Å². The average molecular weight is 417 g/mol. The third kappa shape index (κ3) is 3.89. The number of nitrogens with zero attached hydrogens (tertiary/aromatic N) is 1. The first-order valence-corrected chi connectivity index (χ1v) is 10.5. The summed E-state index contributed by atoms with van der Waals surface area (Å²) >= 11 is 0. The number of hydrogen-bond donors (Lipinski definition) is 2. The molecule has 0 aromatic heterocycles. The molecule has 2 heterocycles. The molecule has 2 aromatic rings. The quantitative estimate of drug-likeness (QED) is 0.725. The van der Waals surface area contributed by atoms with Gasteiger partial charge in [0.2, 0.25) is 16.8 Å². The van der Waals surface area contributed by atoms with Crippen molar-refractivity contribution in [2.24, 2.45) is 0 Å². The zero-order valence-electron chi connectivity index (χ0n) is 15.4. The number of hydrogen-bond acceptors (Lipinski definition) is 6. The van der Waals surface area contributed by atoms with Crippen LogP contribution in [0.1, 0.15) is 33.6 Å². The fourth-order valence-corrected chi connectivity index (χ4v) is 4.73. The van der Waals surface area contributed by atoms with Crippen molar-refractivity contribution in [3.05, 3.63) is 53.6 Å². The lowest BCUT2D eigenvalue weighted by Crippen LogP contribution is -2.41. The lowest BCUT2D eigenvalue weighted by atomic mass is 10.2. The predicted octanol–water partition coefficient (Wildman–Crippen LogP) is 1.27. The number of amides is 2. The molecule has 29 heavy (non-hydrogen) atoms. The van der Waals surface area contributed by atoms with Crippen LogP contribution < -0.4 is 20.3 Å². The SMILES string of the molecule is O=C(NNC(=O)c1ccc2c(c1)OCO2)c1cccc(S(=O)(=O)N2CCCC2)c1. The van der Waals surface area contributed by atoms with Gasteiger partial charge in [0.05, 0.1) is 4.90 Å². The zero-order valence-corrected chi connectivity index (χ0v) is 16.2. The van der Waals surface area contributed by atoms with Gasteiger partial charge in [-0.15, -0.1) is 0 Å². The van der Waals surface area contributed by atoms with Crippen molar-refractivity contribution < 1.29 is 27.5 Å². The standard InChI is InChI=1S/C19H19N3O6S/c23-18(20-21-19(24)14-6-7-16-17(11-14)28-12-27-16)13-4-3-5-15(10-13)29(25,26)22-8-1-2-9-22/h3-7,10-11H,1-2,8-9,12H2,(H,20,23)(H,21,24). The third-order valence-electron chi connectivity index (χ3n) is 4.72. The van der Waals surface area contributed by atoms with E-state index >= 15 is 0 Å². The summed E-state index contributed by atoms with van der Waals surface area (Å²) in [6.45, 7) is 1.04. The van der Waals surface area contributed by atoms with Crippen LogP contribution in [-0.2, 0) is 10.0 Å². The lowest BCUT2D eigenvalue weighted by molar-refractivity contribution is 0.0846. The van der Waals surface area contributed by atoms with E-state index in [1.807, 2.05) is 0 Å². The maximum absolute atomic E-state index is 12.7. The van der Waals surface area contributed by atoms with Gasteiger partial charge in [-0.05, 0) is 49.2 Å². The van der Waals surface area contributed by atoms with Crippen molar-refractivity contribution >= 4 is 21.8 Å². The van der Waals surface area contributed by atoms with Gasteiger partial charge < -0.3 is 9.47 Å². The van der Waals surface area contributed by atoms with Gasteiger partial charge in [-0.25, -0.2) is 8.42 Å². The molecule has 0 bridgehead atoms. The lowest BCUT2D eigenvalue weighted by Gasteiger charge is -2.16. The van der Waals surface area contributed by atoms with Crippen LogP contribution in [-0.4, -0.2) is 44.4 Å². The highest BCUT2D eigenvalue weighted by molar-refractivity contribution is 7.89. The molecule has 10 heteroatoms. The second-order valence-electron chi connectivity index (χ2n) is 6.62. The van der Waals surface area contributed by atoms with Crippen LogP contribution in [0.4, 0.5) is 0 Å². The van der Waals surface area contributed by atoms with E-state index in [4.69, 9.17) is 9.47 Å². The number of nitrogens with one attached hydrogen (secondary N) is 2. The second-order valence-corrected chi connectivity index (χ2v) is 8.55. The van der Waals surface area contributed by atoms with Crippen LogP contribution in [0, 0.1) is 0 Å². The molecule has 0 spiro atoms.